The van der Waals surface area contributed by atoms with Gasteiger partial charge in [0.15, 0.2) is 15.0 Å². The van der Waals surface area contributed by atoms with Crippen LogP contribution in [0, 0.1) is 20.8 Å². The molecule has 31 heavy (non-hydrogen) atoms. The summed E-state index contributed by atoms with van der Waals surface area (Å²) in [6.45, 7) is 7.23. The highest BCUT2D eigenvalue weighted by Crippen LogP contribution is 2.32. The van der Waals surface area contributed by atoms with Crippen molar-refractivity contribution in [1.82, 2.24) is 4.98 Å². The number of anilines is 1. The minimum atomic E-state index is -3.34. The normalized spacial score (nSPS) is 15.4. The molecule has 0 amide bonds. The van der Waals surface area contributed by atoms with Crippen LogP contribution in [0.4, 0.5) is 5.13 Å². The molecule has 4 rings (SSSR count). The molecule has 1 aliphatic rings. The first-order valence-corrected chi connectivity index (χ1v) is 13.3. The average Bonchev–Trinajstić information content (AvgIpc) is 3.17. The molecule has 1 aromatic heterocycles. The summed E-state index contributed by atoms with van der Waals surface area (Å²) in [6, 6.07) is 11.8. The predicted octanol–water partition coefficient (Wildman–Crippen LogP) is 5.76. The quantitative estimate of drug-likeness (QED) is 0.472. The van der Waals surface area contributed by atoms with E-state index in [1.807, 2.05) is 57.2 Å². The maximum atomic E-state index is 13.4. The maximum Gasteiger partial charge on any atom is 0.185 e. The third kappa shape index (κ3) is 4.81. The van der Waals surface area contributed by atoms with Gasteiger partial charge in [0.25, 0.3) is 0 Å². The van der Waals surface area contributed by atoms with E-state index in [2.05, 4.69) is 10.3 Å². The van der Waals surface area contributed by atoms with Crippen molar-refractivity contribution in [2.75, 3.05) is 18.0 Å². The van der Waals surface area contributed by atoms with Gasteiger partial charge in [0.1, 0.15) is 0 Å². The Morgan fingerprint density at radius 3 is 2.29 bits per heavy atom. The second-order valence-corrected chi connectivity index (χ2v) is 11.8. The Bertz CT molecular complexity index is 1160. The summed E-state index contributed by atoms with van der Waals surface area (Å²) >= 11 is 7.59. The summed E-state index contributed by atoms with van der Waals surface area (Å²) in [5.74, 6) is 0. The summed E-state index contributed by atoms with van der Waals surface area (Å²) < 4.78 is 26.7. The molecule has 2 heterocycles. The van der Waals surface area contributed by atoms with Gasteiger partial charge in [0.2, 0.25) is 0 Å². The van der Waals surface area contributed by atoms with Gasteiger partial charge in [-0.3, -0.25) is 0 Å². The molecular weight excluding hydrogens is 448 g/mol. The van der Waals surface area contributed by atoms with Crippen LogP contribution in [0.3, 0.4) is 0 Å². The maximum absolute atomic E-state index is 13.4. The van der Waals surface area contributed by atoms with Crippen molar-refractivity contribution < 1.29 is 8.42 Å². The number of sulfone groups is 1. The first-order valence-electron chi connectivity index (χ1n) is 10.5. The van der Waals surface area contributed by atoms with Crippen LogP contribution in [0.1, 0.15) is 40.8 Å². The van der Waals surface area contributed by atoms with Crippen LogP contribution in [0.2, 0.25) is 5.02 Å². The van der Waals surface area contributed by atoms with Gasteiger partial charge >= 0.3 is 0 Å². The highest BCUT2D eigenvalue weighted by atomic mass is 35.5. The molecule has 7 heteroatoms. The molecule has 2 aromatic carbocycles. The molecule has 0 spiro atoms. The highest BCUT2D eigenvalue weighted by molar-refractivity contribution is 7.92. The standard InChI is InChI=1S/C24H27ClN2O2S2/c1-16-12-17(2)23(18(3)13-16)31(28,29)22-8-10-27(11-9-22)24-26-21(15-30-24)14-19-4-6-20(25)7-5-19/h4-7,12-13,15,22H,8-11,14H2,1-3H3. The SMILES string of the molecule is Cc1cc(C)c(S(=O)(=O)C2CCN(c3nc(Cc4ccc(Cl)cc4)cs3)CC2)c(C)c1. The van der Waals surface area contributed by atoms with E-state index >= 15 is 0 Å². The van der Waals surface area contributed by atoms with Gasteiger partial charge in [0, 0.05) is 29.9 Å². The van der Waals surface area contributed by atoms with E-state index in [0.717, 1.165) is 39.0 Å². The lowest BCUT2D eigenvalue weighted by atomic mass is 10.1. The second-order valence-electron chi connectivity index (χ2n) is 8.38. The number of hydrogen-bond donors (Lipinski definition) is 0. The first-order chi connectivity index (χ1) is 14.7. The molecule has 0 saturated carbocycles. The van der Waals surface area contributed by atoms with E-state index in [9.17, 15) is 8.42 Å². The van der Waals surface area contributed by atoms with Gasteiger partial charge < -0.3 is 4.90 Å². The Morgan fingerprint density at radius 1 is 1.06 bits per heavy atom. The minimum Gasteiger partial charge on any atom is -0.348 e. The fourth-order valence-electron chi connectivity index (χ4n) is 4.47. The van der Waals surface area contributed by atoms with Crippen LogP contribution < -0.4 is 4.90 Å². The van der Waals surface area contributed by atoms with E-state index in [1.165, 1.54) is 5.56 Å². The number of aromatic nitrogens is 1. The molecule has 4 nitrogen and oxygen atoms in total. The third-order valence-corrected chi connectivity index (χ3v) is 9.64. The van der Waals surface area contributed by atoms with Gasteiger partial charge in [-0.25, -0.2) is 13.4 Å². The highest BCUT2D eigenvalue weighted by Gasteiger charge is 2.34. The summed E-state index contributed by atoms with van der Waals surface area (Å²) in [5, 5.41) is 3.46. The lowest BCUT2D eigenvalue weighted by molar-refractivity contribution is 0.528. The Balaban J connectivity index is 1.43. The molecule has 0 aliphatic carbocycles. The number of thiazole rings is 1. The van der Waals surface area contributed by atoms with Crippen molar-refractivity contribution in [2.45, 2.75) is 50.2 Å². The summed E-state index contributed by atoms with van der Waals surface area (Å²) in [7, 11) is -3.34. The molecule has 0 bridgehead atoms. The number of halogens is 1. The summed E-state index contributed by atoms with van der Waals surface area (Å²) in [6.07, 6.45) is 2.02. The van der Waals surface area contributed by atoms with Gasteiger partial charge in [-0.1, -0.05) is 41.4 Å². The van der Waals surface area contributed by atoms with E-state index in [0.29, 0.717) is 30.8 Å². The number of benzene rings is 2. The lowest BCUT2D eigenvalue weighted by Gasteiger charge is -2.32. The average molecular weight is 475 g/mol. The molecule has 164 valence electrons. The fourth-order valence-corrected chi connectivity index (χ4v) is 7.66. The second kappa shape index (κ2) is 8.93. The molecule has 3 aromatic rings. The zero-order valence-electron chi connectivity index (χ0n) is 18.1. The number of rotatable bonds is 5. The van der Waals surface area contributed by atoms with Gasteiger partial charge in [0.05, 0.1) is 15.8 Å². The van der Waals surface area contributed by atoms with Crippen LogP contribution in [-0.4, -0.2) is 31.7 Å². The van der Waals surface area contributed by atoms with Crippen LogP contribution in [0.25, 0.3) is 0 Å². The monoisotopic (exact) mass is 474 g/mol. The molecule has 0 radical (unpaired) electrons. The number of hydrogen-bond acceptors (Lipinski definition) is 5. The predicted molar refractivity (Wildman–Crippen MR) is 129 cm³/mol. The molecule has 0 N–H and O–H groups in total. The zero-order valence-corrected chi connectivity index (χ0v) is 20.4. The van der Waals surface area contributed by atoms with Crippen molar-refractivity contribution >= 4 is 37.9 Å². The van der Waals surface area contributed by atoms with Crippen LogP contribution >= 0.6 is 22.9 Å². The van der Waals surface area contributed by atoms with Crippen molar-refractivity contribution in [1.29, 1.82) is 0 Å². The number of aryl methyl sites for hydroxylation is 3. The van der Waals surface area contributed by atoms with Gasteiger partial charge in [-0.2, -0.15) is 0 Å². The van der Waals surface area contributed by atoms with Crippen LogP contribution in [0.15, 0.2) is 46.7 Å². The van der Waals surface area contributed by atoms with Crippen LogP contribution in [-0.2, 0) is 16.3 Å². The van der Waals surface area contributed by atoms with Crippen molar-refractivity contribution in [2.24, 2.45) is 0 Å². The lowest BCUT2D eigenvalue weighted by Crippen LogP contribution is -2.39. The van der Waals surface area contributed by atoms with E-state index in [-0.39, 0.29) is 5.25 Å². The largest absolute Gasteiger partial charge is 0.348 e. The Labute approximate surface area is 193 Å². The molecule has 1 fully saturated rings. The zero-order chi connectivity index (χ0) is 22.2. The Hall–Kier alpha value is -1.89. The van der Waals surface area contributed by atoms with Gasteiger partial charge in [-0.05, 0) is 62.4 Å². The molecule has 1 aliphatic heterocycles. The summed E-state index contributed by atoms with van der Waals surface area (Å²) in [4.78, 5) is 7.54. The number of nitrogens with zero attached hydrogens (tertiary/aromatic N) is 2. The van der Waals surface area contributed by atoms with E-state index in [4.69, 9.17) is 16.6 Å². The topological polar surface area (TPSA) is 50.3 Å². The third-order valence-electron chi connectivity index (χ3n) is 5.88. The van der Waals surface area contributed by atoms with E-state index < -0.39 is 9.84 Å². The van der Waals surface area contributed by atoms with E-state index in [1.54, 1.807) is 11.3 Å². The Morgan fingerprint density at radius 2 is 1.68 bits per heavy atom. The van der Waals surface area contributed by atoms with Crippen molar-refractivity contribution in [3.05, 3.63) is 74.7 Å². The first kappa shape index (κ1) is 22.3. The van der Waals surface area contributed by atoms with Crippen molar-refractivity contribution in [3.63, 3.8) is 0 Å². The fraction of sp³-hybridized carbons (Fsp3) is 0.375. The Kier molecular flexibility index (Phi) is 6.42. The molecule has 0 unspecified atom stereocenters. The minimum absolute atomic E-state index is 0.336. The molecular formula is C24H27ClN2O2S2. The smallest absolute Gasteiger partial charge is 0.185 e. The van der Waals surface area contributed by atoms with Crippen LogP contribution in [0.5, 0.6) is 0 Å². The van der Waals surface area contributed by atoms with Crippen molar-refractivity contribution in [3.8, 4) is 0 Å². The summed E-state index contributed by atoms with van der Waals surface area (Å²) in [5.41, 5.74) is 5.01. The molecule has 1 saturated heterocycles. The van der Waals surface area contributed by atoms with Gasteiger partial charge in [-0.15, -0.1) is 11.3 Å². The number of piperidine rings is 1. The molecule has 0 atom stereocenters.